The smallest absolute Gasteiger partial charge is 0.323 e. The van der Waals surface area contributed by atoms with E-state index in [2.05, 4.69) is 90.3 Å². The third-order valence-electron chi connectivity index (χ3n) is 9.94. The van der Waals surface area contributed by atoms with Crippen molar-refractivity contribution in [3.63, 3.8) is 0 Å². The minimum Gasteiger partial charge on any atom is -0.480 e. The lowest BCUT2D eigenvalue weighted by Crippen LogP contribution is -2.54. The average molecular weight is 674 g/mol. The number of aromatic nitrogens is 1. The molecule has 1 fully saturated rings. The van der Waals surface area contributed by atoms with E-state index < -0.39 is 12.5 Å². The lowest BCUT2D eigenvalue weighted by Gasteiger charge is -2.50. The first-order chi connectivity index (χ1) is 21.7. The molecule has 3 heterocycles. The highest BCUT2D eigenvalue weighted by Crippen LogP contribution is 2.60. The summed E-state index contributed by atoms with van der Waals surface area (Å²) < 4.78 is 4.85. The molecular formula is C35H35N3O3S4. The van der Waals surface area contributed by atoms with E-state index >= 15 is 0 Å². The zero-order chi connectivity index (χ0) is 31.5. The Morgan fingerprint density at radius 3 is 2.53 bits per heavy atom. The first kappa shape index (κ1) is 30.6. The van der Waals surface area contributed by atoms with E-state index in [1.165, 1.54) is 84.8 Å². The molecule has 0 bridgehead atoms. The third-order valence-corrected chi connectivity index (χ3v) is 13.6. The third kappa shape index (κ3) is 4.88. The van der Waals surface area contributed by atoms with E-state index in [1.54, 1.807) is 11.3 Å². The molecule has 0 radical (unpaired) electrons. The minimum atomic E-state index is -1.05. The van der Waals surface area contributed by atoms with Gasteiger partial charge in [0.25, 0.3) is 5.56 Å². The number of carboxylic acid groups (broad SMARTS) is 1. The number of thiazole rings is 1. The highest BCUT2D eigenvalue weighted by atomic mass is 33.1. The lowest BCUT2D eigenvalue weighted by molar-refractivity contribution is -0.137. The van der Waals surface area contributed by atoms with E-state index in [0.717, 1.165) is 15.2 Å². The molecule has 1 aliphatic heterocycles. The molecule has 2 aromatic heterocycles. The molecule has 7 rings (SSSR count). The van der Waals surface area contributed by atoms with E-state index in [9.17, 15) is 14.7 Å². The van der Waals surface area contributed by atoms with Crippen LogP contribution in [0.2, 0.25) is 0 Å². The number of thiophene rings is 1. The molecule has 45 heavy (non-hydrogen) atoms. The molecule has 0 saturated heterocycles. The topological polar surface area (TPSA) is 74.6 Å². The van der Waals surface area contributed by atoms with Crippen LogP contribution in [-0.4, -0.2) is 34.8 Å². The Hall–Kier alpha value is -3.02. The van der Waals surface area contributed by atoms with Crippen LogP contribution in [-0.2, 0) is 16.8 Å². The Bertz CT molecular complexity index is 2170. The number of nitrogens with one attached hydrogen (secondary N) is 1. The van der Waals surface area contributed by atoms with Gasteiger partial charge in [0.1, 0.15) is 11.2 Å². The van der Waals surface area contributed by atoms with Gasteiger partial charge in [0.2, 0.25) is 0 Å². The Balaban J connectivity index is 1.32. The fourth-order valence-electron chi connectivity index (χ4n) is 7.58. The van der Waals surface area contributed by atoms with Crippen LogP contribution in [0.1, 0.15) is 50.7 Å². The van der Waals surface area contributed by atoms with Crippen LogP contribution in [0.25, 0.3) is 31.2 Å². The standard InChI is InChI=1S/C35H35N3O3S4/c1-34-14-6-7-15-35(34,2)38(26-9-5-4-8-25(26)34)22-11-13-24-23-12-10-21(16-27(23)43-28(24)18-22)17-29-32(41)37(20-31(39)40)33(44-29)30(45-42)19-36-3/h4-5,8-13,16-18,36,42H,6-7,14-15,19-20H2,1-3H3,(H,39,40)/b29-17-,33-30+. The van der Waals surface area contributed by atoms with Crippen LogP contribution in [0, 0.1) is 0 Å². The maximum Gasteiger partial charge on any atom is 0.323 e. The molecule has 232 valence electrons. The number of hydrogen-bond acceptors (Lipinski definition) is 8. The first-order valence-corrected chi connectivity index (χ1v) is 18.7. The molecule has 6 nitrogen and oxygen atoms in total. The van der Waals surface area contributed by atoms with E-state index in [-0.39, 0.29) is 16.5 Å². The largest absolute Gasteiger partial charge is 0.480 e. The number of fused-ring (bicyclic) bond motifs is 6. The second kappa shape index (κ2) is 11.7. The van der Waals surface area contributed by atoms with E-state index in [0.29, 0.717) is 15.7 Å². The molecule has 2 aliphatic rings. The van der Waals surface area contributed by atoms with Crippen LogP contribution in [0.5, 0.6) is 0 Å². The molecule has 2 N–H and O–H groups in total. The van der Waals surface area contributed by atoms with Crippen molar-refractivity contribution in [2.24, 2.45) is 0 Å². The molecule has 10 heteroatoms. The van der Waals surface area contributed by atoms with Crippen molar-refractivity contribution in [1.82, 2.24) is 9.88 Å². The van der Waals surface area contributed by atoms with Gasteiger partial charge in [0.05, 0.1) is 10.1 Å². The minimum absolute atomic E-state index is 0.0183. The summed E-state index contributed by atoms with van der Waals surface area (Å²) in [4.78, 5) is 28.4. The average Bonchev–Trinajstić information content (AvgIpc) is 3.60. The fourth-order valence-corrected chi connectivity index (χ4v) is 11.1. The number of thiol groups is 1. The maximum absolute atomic E-state index is 13.4. The summed E-state index contributed by atoms with van der Waals surface area (Å²) in [6.07, 6.45) is 6.76. The normalized spacial score (nSPS) is 22.2. The number of benzene rings is 3. The van der Waals surface area contributed by atoms with Crippen molar-refractivity contribution < 1.29 is 9.90 Å². The van der Waals surface area contributed by atoms with Gasteiger partial charge in [-0.1, -0.05) is 67.0 Å². The number of nitrogens with zero attached hydrogens (tertiary/aromatic N) is 2. The SMILES string of the molecule is CNC/C(SS)=c1\s/c(=C\c2ccc3c(c2)sc2cc(N4c5ccccc5C5(C)CCCCC45C)ccc23)c(=O)n1CC(=O)O. The summed E-state index contributed by atoms with van der Waals surface area (Å²) in [6, 6.07) is 22.2. The first-order valence-electron chi connectivity index (χ1n) is 15.2. The summed E-state index contributed by atoms with van der Waals surface area (Å²) in [5.74, 6) is -1.05. The van der Waals surface area contributed by atoms with Crippen molar-refractivity contribution in [2.75, 3.05) is 18.5 Å². The number of para-hydroxylation sites is 1. The van der Waals surface area contributed by atoms with Crippen molar-refractivity contribution in [3.8, 4) is 0 Å². The van der Waals surface area contributed by atoms with Crippen molar-refractivity contribution in [2.45, 2.75) is 57.0 Å². The number of carboxylic acids is 1. The number of aliphatic carboxylic acids is 1. The highest BCUT2D eigenvalue weighted by Gasteiger charge is 2.57. The number of rotatable bonds is 7. The Kier molecular flexibility index (Phi) is 7.93. The van der Waals surface area contributed by atoms with Crippen LogP contribution in [0.4, 0.5) is 11.4 Å². The second-order valence-electron chi connectivity index (χ2n) is 12.4. The van der Waals surface area contributed by atoms with Gasteiger partial charge in [-0.15, -0.1) is 34.3 Å². The molecule has 5 aromatic rings. The van der Waals surface area contributed by atoms with Crippen LogP contribution in [0.15, 0.2) is 65.5 Å². The van der Waals surface area contributed by atoms with E-state index in [1.807, 2.05) is 19.2 Å². The second-order valence-corrected chi connectivity index (χ2v) is 15.8. The summed E-state index contributed by atoms with van der Waals surface area (Å²) in [6.45, 7) is 5.02. The van der Waals surface area contributed by atoms with Gasteiger partial charge in [-0.25, -0.2) is 0 Å². The zero-order valence-corrected chi connectivity index (χ0v) is 28.8. The summed E-state index contributed by atoms with van der Waals surface area (Å²) in [5.41, 5.74) is 4.78. The molecule has 3 aromatic carbocycles. The number of hydrogen-bond donors (Lipinski definition) is 3. The van der Waals surface area contributed by atoms with Gasteiger partial charge in [-0.05, 0) is 68.3 Å². The maximum atomic E-state index is 13.4. The van der Waals surface area contributed by atoms with Crippen molar-refractivity contribution in [3.05, 3.63) is 91.3 Å². The molecule has 0 spiro atoms. The quantitative estimate of drug-likeness (QED) is 0.130. The van der Waals surface area contributed by atoms with Crippen LogP contribution < -0.4 is 25.0 Å². The monoisotopic (exact) mass is 673 g/mol. The molecule has 2 unspecified atom stereocenters. The molecular weight excluding hydrogens is 639 g/mol. The van der Waals surface area contributed by atoms with Crippen LogP contribution in [0.3, 0.4) is 0 Å². The van der Waals surface area contributed by atoms with E-state index in [4.69, 9.17) is 0 Å². The van der Waals surface area contributed by atoms with Gasteiger partial charge < -0.3 is 15.3 Å². The Morgan fingerprint density at radius 2 is 1.78 bits per heavy atom. The highest BCUT2D eigenvalue weighted by molar-refractivity contribution is 8.72. The molecule has 2 atom stereocenters. The molecule has 0 amide bonds. The summed E-state index contributed by atoms with van der Waals surface area (Å²) >= 11 is 7.44. The number of anilines is 2. The van der Waals surface area contributed by atoms with Gasteiger partial charge >= 0.3 is 5.97 Å². The predicted molar refractivity (Wildman–Crippen MR) is 195 cm³/mol. The molecule has 1 saturated carbocycles. The Labute approximate surface area is 278 Å². The zero-order valence-electron chi connectivity index (χ0n) is 25.4. The van der Waals surface area contributed by atoms with Gasteiger partial charge in [-0.2, -0.15) is 0 Å². The van der Waals surface area contributed by atoms with Gasteiger partial charge in [-0.3, -0.25) is 14.2 Å². The number of carbonyl (C=O) groups is 1. The fraction of sp³-hybridized carbons (Fsp3) is 0.314. The van der Waals surface area contributed by atoms with Crippen LogP contribution >= 0.6 is 45.1 Å². The van der Waals surface area contributed by atoms with Gasteiger partial charge in [0.15, 0.2) is 0 Å². The summed E-state index contributed by atoms with van der Waals surface area (Å²) in [7, 11) is 3.03. The predicted octanol–water partition coefficient (Wildman–Crippen LogP) is 6.84. The van der Waals surface area contributed by atoms with Crippen molar-refractivity contribution >= 4 is 93.6 Å². The Morgan fingerprint density at radius 1 is 1.04 bits per heavy atom. The van der Waals surface area contributed by atoms with Gasteiger partial charge in [0, 0.05) is 48.4 Å². The molecule has 1 aliphatic carbocycles. The van der Waals surface area contributed by atoms with Crippen molar-refractivity contribution in [1.29, 1.82) is 0 Å². The lowest BCUT2D eigenvalue weighted by atomic mass is 9.61. The summed E-state index contributed by atoms with van der Waals surface area (Å²) in [5, 5.41) is 15.0.